The SMILES string of the molecule is CCc1cccc(N(O[P+](=O)OC)c2cccc(C)c2)c1CC. The van der Waals surface area contributed by atoms with Gasteiger partial charge in [0.05, 0.1) is 18.5 Å². The lowest BCUT2D eigenvalue weighted by atomic mass is 10.0. The second-order valence-electron chi connectivity index (χ2n) is 5.24. The summed E-state index contributed by atoms with van der Waals surface area (Å²) in [5.41, 5.74) is 5.29. The first-order valence-corrected chi connectivity index (χ1v) is 8.87. The van der Waals surface area contributed by atoms with Crippen molar-refractivity contribution in [1.82, 2.24) is 0 Å². The lowest BCUT2D eigenvalue weighted by Gasteiger charge is -2.22. The maximum Gasteiger partial charge on any atom is 0.722 e. The molecule has 0 aromatic heterocycles. The van der Waals surface area contributed by atoms with E-state index in [9.17, 15) is 4.57 Å². The van der Waals surface area contributed by atoms with Crippen LogP contribution in [-0.2, 0) is 26.6 Å². The van der Waals surface area contributed by atoms with Crippen molar-refractivity contribution < 1.29 is 13.7 Å². The third-order valence-electron chi connectivity index (χ3n) is 3.74. The van der Waals surface area contributed by atoms with Crippen LogP contribution in [0.1, 0.15) is 30.5 Å². The highest BCUT2D eigenvalue weighted by molar-refractivity contribution is 7.33. The molecule has 0 aliphatic heterocycles. The molecule has 0 spiro atoms. The Bertz CT molecular complexity index is 688. The van der Waals surface area contributed by atoms with Gasteiger partial charge in [-0.2, -0.15) is 5.06 Å². The molecule has 23 heavy (non-hydrogen) atoms. The number of anilines is 2. The highest BCUT2D eigenvalue weighted by Gasteiger charge is 2.28. The third-order valence-corrected chi connectivity index (χ3v) is 4.33. The van der Waals surface area contributed by atoms with Crippen LogP contribution < -0.4 is 5.06 Å². The quantitative estimate of drug-likeness (QED) is 0.496. The fraction of sp³-hybridized carbons (Fsp3) is 0.333. The van der Waals surface area contributed by atoms with E-state index < -0.39 is 8.25 Å². The first-order valence-electron chi connectivity index (χ1n) is 7.77. The van der Waals surface area contributed by atoms with Gasteiger partial charge in [0.15, 0.2) is 0 Å². The Hall–Kier alpha value is -1.74. The second-order valence-corrected chi connectivity index (χ2v) is 6.22. The summed E-state index contributed by atoms with van der Waals surface area (Å²) in [6.07, 6.45) is 1.81. The molecule has 4 nitrogen and oxygen atoms in total. The van der Waals surface area contributed by atoms with Crippen LogP contribution in [0, 0.1) is 6.92 Å². The topological polar surface area (TPSA) is 38.8 Å². The lowest BCUT2D eigenvalue weighted by molar-refractivity contribution is 0.259. The van der Waals surface area contributed by atoms with E-state index in [4.69, 9.17) is 9.15 Å². The van der Waals surface area contributed by atoms with Crippen LogP contribution >= 0.6 is 8.25 Å². The highest BCUT2D eigenvalue weighted by Crippen LogP contribution is 2.37. The fourth-order valence-electron chi connectivity index (χ4n) is 2.64. The van der Waals surface area contributed by atoms with Gasteiger partial charge in [-0.1, -0.05) is 38.1 Å². The molecule has 2 aromatic rings. The molecule has 0 amide bonds. The maximum absolute atomic E-state index is 11.9. The Labute approximate surface area is 138 Å². The number of aryl methyl sites for hydroxylation is 2. The van der Waals surface area contributed by atoms with Crippen LogP contribution in [0.25, 0.3) is 0 Å². The number of hydrogen-bond donors (Lipinski definition) is 0. The van der Waals surface area contributed by atoms with Crippen molar-refractivity contribution in [2.45, 2.75) is 33.6 Å². The minimum absolute atomic E-state index is 0.827. The predicted molar refractivity (Wildman–Crippen MR) is 94.2 cm³/mol. The van der Waals surface area contributed by atoms with Gasteiger partial charge in [0.2, 0.25) is 0 Å². The van der Waals surface area contributed by atoms with Crippen molar-refractivity contribution in [2.75, 3.05) is 12.2 Å². The Kier molecular flexibility index (Phi) is 6.28. The van der Waals surface area contributed by atoms with Crippen molar-refractivity contribution >= 4 is 19.6 Å². The molecule has 1 unspecified atom stereocenters. The van der Waals surface area contributed by atoms with E-state index in [-0.39, 0.29) is 0 Å². The third kappa shape index (κ3) is 4.17. The maximum atomic E-state index is 11.9. The molecule has 0 N–H and O–H groups in total. The van der Waals surface area contributed by atoms with Crippen LogP contribution in [-0.4, -0.2) is 7.11 Å². The monoisotopic (exact) mass is 332 g/mol. The summed E-state index contributed by atoms with van der Waals surface area (Å²) in [4.78, 5) is 0. The molecule has 0 saturated carbocycles. The van der Waals surface area contributed by atoms with Gasteiger partial charge in [0.25, 0.3) is 0 Å². The van der Waals surface area contributed by atoms with Crippen molar-refractivity contribution in [3.8, 4) is 0 Å². The van der Waals surface area contributed by atoms with Crippen molar-refractivity contribution in [3.05, 3.63) is 59.2 Å². The largest absolute Gasteiger partial charge is 0.722 e. The number of benzene rings is 2. The molecule has 2 aromatic carbocycles. The van der Waals surface area contributed by atoms with E-state index in [1.165, 1.54) is 18.2 Å². The van der Waals surface area contributed by atoms with Gasteiger partial charge in [0.1, 0.15) is 0 Å². The molecule has 1 atom stereocenters. The number of rotatable bonds is 7. The van der Waals surface area contributed by atoms with Crippen molar-refractivity contribution in [2.24, 2.45) is 0 Å². The smallest absolute Gasteiger partial charge is 0.170 e. The molecule has 122 valence electrons. The zero-order valence-corrected chi connectivity index (χ0v) is 15.0. The van der Waals surface area contributed by atoms with Gasteiger partial charge < -0.3 is 0 Å². The summed E-state index contributed by atoms with van der Waals surface area (Å²) >= 11 is 0. The van der Waals surface area contributed by atoms with E-state index >= 15 is 0 Å². The van der Waals surface area contributed by atoms with Crippen LogP contribution in [0.4, 0.5) is 11.4 Å². The van der Waals surface area contributed by atoms with Crippen LogP contribution in [0.5, 0.6) is 0 Å². The molecule has 0 aliphatic carbocycles. The standard InChI is InChI=1S/C18H23NO3P/c1-5-15-10-8-12-18(17(15)6-2)19(22-23(20)21-4)16-11-7-9-14(3)13-16/h7-13H,5-6H2,1-4H3/q+1. The first kappa shape index (κ1) is 17.6. The van der Waals surface area contributed by atoms with E-state index in [0.29, 0.717) is 0 Å². The zero-order chi connectivity index (χ0) is 16.8. The predicted octanol–water partition coefficient (Wildman–Crippen LogP) is 5.49. The van der Waals surface area contributed by atoms with Crippen LogP contribution in [0.15, 0.2) is 42.5 Å². The molecule has 0 heterocycles. The van der Waals surface area contributed by atoms with Gasteiger partial charge >= 0.3 is 8.25 Å². The Morgan fingerprint density at radius 2 is 1.83 bits per heavy atom. The average molecular weight is 332 g/mol. The summed E-state index contributed by atoms with van der Waals surface area (Å²) in [5, 5.41) is 1.62. The van der Waals surface area contributed by atoms with E-state index in [1.54, 1.807) is 5.06 Å². The molecule has 0 fully saturated rings. The van der Waals surface area contributed by atoms with E-state index in [0.717, 1.165) is 29.8 Å². The number of hydrogen-bond acceptors (Lipinski definition) is 4. The van der Waals surface area contributed by atoms with Crippen molar-refractivity contribution in [1.29, 1.82) is 0 Å². The molecule has 0 aliphatic rings. The summed E-state index contributed by atoms with van der Waals surface area (Å²) in [7, 11) is -0.859. The van der Waals surface area contributed by atoms with Crippen LogP contribution in [0.3, 0.4) is 0 Å². The van der Waals surface area contributed by atoms with E-state index in [2.05, 4.69) is 19.9 Å². The molecule has 2 rings (SSSR count). The Balaban J connectivity index is 2.56. The molecule has 0 radical (unpaired) electrons. The van der Waals surface area contributed by atoms with Crippen molar-refractivity contribution in [3.63, 3.8) is 0 Å². The number of nitrogens with zero attached hydrogens (tertiary/aromatic N) is 1. The minimum Gasteiger partial charge on any atom is -0.170 e. The molecule has 5 heteroatoms. The average Bonchev–Trinajstić information content (AvgIpc) is 2.58. The molecular weight excluding hydrogens is 309 g/mol. The summed E-state index contributed by atoms with van der Waals surface area (Å²) in [6.45, 7) is 6.26. The van der Waals surface area contributed by atoms with E-state index in [1.807, 2.05) is 43.3 Å². The normalized spacial score (nSPS) is 11.4. The summed E-state index contributed by atoms with van der Waals surface area (Å²) in [6, 6.07) is 14.0. The molecule has 0 saturated heterocycles. The molecular formula is C18H23NO3P+. The Morgan fingerprint density at radius 3 is 2.43 bits per heavy atom. The lowest BCUT2D eigenvalue weighted by Crippen LogP contribution is -2.16. The summed E-state index contributed by atoms with van der Waals surface area (Å²) in [5.74, 6) is 0. The van der Waals surface area contributed by atoms with Gasteiger partial charge in [-0.05, 0) is 54.7 Å². The van der Waals surface area contributed by atoms with Gasteiger partial charge in [-0.25, -0.2) is 0 Å². The second kappa shape index (κ2) is 8.21. The van der Waals surface area contributed by atoms with Gasteiger partial charge in [-0.3, -0.25) is 0 Å². The minimum atomic E-state index is -2.23. The first-order chi connectivity index (χ1) is 11.1. The molecule has 0 bridgehead atoms. The zero-order valence-electron chi connectivity index (χ0n) is 14.1. The van der Waals surface area contributed by atoms with Gasteiger partial charge in [-0.15, -0.1) is 4.52 Å². The van der Waals surface area contributed by atoms with Gasteiger partial charge in [0, 0.05) is 9.19 Å². The fourth-order valence-corrected chi connectivity index (χ4v) is 3.02. The highest BCUT2D eigenvalue weighted by atomic mass is 31.1. The Morgan fingerprint density at radius 1 is 1.09 bits per heavy atom. The van der Waals surface area contributed by atoms with Crippen LogP contribution in [0.2, 0.25) is 0 Å². The summed E-state index contributed by atoms with van der Waals surface area (Å²) < 4.78 is 22.3.